The van der Waals surface area contributed by atoms with Crippen LogP contribution in [0.3, 0.4) is 0 Å². The summed E-state index contributed by atoms with van der Waals surface area (Å²) in [6.45, 7) is 14.0. The highest BCUT2D eigenvalue weighted by Gasteiger charge is 2.23. The highest BCUT2D eigenvalue weighted by molar-refractivity contribution is 7.99. The Balaban J connectivity index is 2.66. The van der Waals surface area contributed by atoms with Crippen molar-refractivity contribution >= 4 is 11.8 Å². The van der Waals surface area contributed by atoms with Crippen molar-refractivity contribution in [1.29, 1.82) is 0 Å². The number of nitrogens with one attached hydrogen (secondary N) is 1. The summed E-state index contributed by atoms with van der Waals surface area (Å²) in [5.41, 5.74) is 0. The first kappa shape index (κ1) is 16.5. The summed E-state index contributed by atoms with van der Waals surface area (Å²) < 4.78 is 5.66. The Hall–Kier alpha value is -0.550. The maximum absolute atomic E-state index is 5.44. The fourth-order valence-electron chi connectivity index (χ4n) is 1.96. The molecule has 0 saturated carbocycles. The number of likely N-dealkylation sites (N-methyl/N-ethyl adjacent to an activating group) is 1. The summed E-state index contributed by atoms with van der Waals surface area (Å²) >= 11 is 1.84. The van der Waals surface area contributed by atoms with Gasteiger partial charge >= 0.3 is 0 Å². The Kier molecular flexibility index (Phi) is 6.33. The molecule has 0 amide bonds. The fourth-order valence-corrected chi connectivity index (χ4v) is 2.64. The van der Waals surface area contributed by atoms with E-state index in [4.69, 9.17) is 4.52 Å². The van der Waals surface area contributed by atoms with E-state index in [2.05, 4.69) is 57.0 Å². The Morgan fingerprint density at radius 1 is 1.32 bits per heavy atom. The van der Waals surface area contributed by atoms with E-state index >= 15 is 0 Å². The summed E-state index contributed by atoms with van der Waals surface area (Å²) in [6, 6.07) is 0.360. The van der Waals surface area contributed by atoms with E-state index in [0.29, 0.717) is 12.0 Å². The van der Waals surface area contributed by atoms with Crippen LogP contribution >= 0.6 is 11.8 Å². The molecule has 2 unspecified atom stereocenters. The van der Waals surface area contributed by atoms with Crippen LogP contribution in [-0.4, -0.2) is 27.5 Å². The number of hydrogen-bond acceptors (Lipinski definition) is 5. The van der Waals surface area contributed by atoms with Crippen LogP contribution in [0.5, 0.6) is 0 Å². The van der Waals surface area contributed by atoms with Crippen LogP contribution in [0.4, 0.5) is 0 Å². The lowest BCUT2D eigenvalue weighted by Gasteiger charge is -2.19. The van der Waals surface area contributed by atoms with Gasteiger partial charge in [0, 0.05) is 10.8 Å². The second kappa shape index (κ2) is 7.29. The number of aromatic nitrogens is 2. The molecule has 1 aromatic heterocycles. The lowest BCUT2D eigenvalue weighted by Crippen LogP contribution is -2.31. The van der Waals surface area contributed by atoms with Crippen LogP contribution in [0.2, 0.25) is 0 Å². The normalized spacial score (nSPS) is 15.5. The minimum Gasteiger partial charge on any atom is -0.339 e. The average molecular weight is 285 g/mol. The molecule has 19 heavy (non-hydrogen) atoms. The number of nitrogens with zero attached hydrogens (tertiary/aromatic N) is 2. The highest BCUT2D eigenvalue weighted by Crippen LogP contribution is 2.27. The molecule has 1 aromatic rings. The summed E-state index contributed by atoms with van der Waals surface area (Å²) in [7, 11) is 0. The van der Waals surface area contributed by atoms with Crippen molar-refractivity contribution in [3.63, 3.8) is 0 Å². The molecule has 0 fully saturated rings. The molecule has 110 valence electrons. The largest absolute Gasteiger partial charge is 0.339 e. The van der Waals surface area contributed by atoms with Gasteiger partial charge in [-0.3, -0.25) is 0 Å². The molecule has 2 atom stereocenters. The number of rotatable bonds is 7. The molecule has 1 heterocycles. The maximum atomic E-state index is 5.44. The van der Waals surface area contributed by atoms with E-state index in [0.717, 1.165) is 30.4 Å². The molecule has 0 saturated heterocycles. The Morgan fingerprint density at radius 2 is 2.00 bits per heavy atom. The van der Waals surface area contributed by atoms with E-state index < -0.39 is 0 Å². The summed E-state index contributed by atoms with van der Waals surface area (Å²) in [5, 5.41) is 7.52. The van der Waals surface area contributed by atoms with Crippen molar-refractivity contribution < 1.29 is 4.52 Å². The highest BCUT2D eigenvalue weighted by atomic mass is 32.2. The van der Waals surface area contributed by atoms with Crippen LogP contribution in [0, 0.1) is 0 Å². The van der Waals surface area contributed by atoms with E-state index in [1.165, 1.54) is 0 Å². The van der Waals surface area contributed by atoms with Gasteiger partial charge in [0.1, 0.15) is 0 Å². The van der Waals surface area contributed by atoms with E-state index in [9.17, 15) is 0 Å². The fraction of sp³-hybridized carbons (Fsp3) is 0.857. The molecule has 4 nitrogen and oxygen atoms in total. The Bertz CT molecular complexity index is 373. The van der Waals surface area contributed by atoms with Crippen molar-refractivity contribution in [2.24, 2.45) is 0 Å². The Labute approximate surface area is 121 Å². The monoisotopic (exact) mass is 285 g/mol. The van der Waals surface area contributed by atoms with Crippen molar-refractivity contribution in [1.82, 2.24) is 15.5 Å². The van der Waals surface area contributed by atoms with Crippen molar-refractivity contribution in [3.05, 3.63) is 11.7 Å². The molecule has 0 spiro atoms. The van der Waals surface area contributed by atoms with E-state index in [1.54, 1.807) is 0 Å². The minimum absolute atomic E-state index is 0.224. The van der Waals surface area contributed by atoms with Gasteiger partial charge in [0.2, 0.25) is 5.89 Å². The molecule has 0 radical (unpaired) electrons. The number of hydrogen-bond donors (Lipinski definition) is 1. The van der Waals surface area contributed by atoms with Crippen LogP contribution in [0.15, 0.2) is 4.52 Å². The first-order valence-corrected chi connectivity index (χ1v) is 8.05. The molecular formula is C14H27N3OS. The van der Waals surface area contributed by atoms with Crippen LogP contribution in [-0.2, 0) is 5.75 Å². The molecule has 1 rings (SSSR count). The van der Waals surface area contributed by atoms with E-state index in [-0.39, 0.29) is 4.75 Å². The zero-order valence-electron chi connectivity index (χ0n) is 13.0. The predicted octanol–water partition coefficient (Wildman–Crippen LogP) is 3.59. The second-order valence-electron chi connectivity index (χ2n) is 5.81. The molecule has 5 heteroatoms. The van der Waals surface area contributed by atoms with Gasteiger partial charge < -0.3 is 9.84 Å². The molecule has 0 bridgehead atoms. The molecule has 0 aliphatic carbocycles. The van der Waals surface area contributed by atoms with Crippen LogP contribution in [0.1, 0.15) is 65.6 Å². The van der Waals surface area contributed by atoms with Crippen molar-refractivity contribution in [2.75, 3.05) is 6.54 Å². The molecular weight excluding hydrogens is 258 g/mol. The van der Waals surface area contributed by atoms with Gasteiger partial charge in [-0.2, -0.15) is 4.98 Å². The minimum atomic E-state index is 0.224. The standard InChI is InChI=1S/C14H27N3OS/c1-7-11(10(3)15-8-2)13-16-12(17-18-13)9-19-14(4,5)6/h10-11,15H,7-9H2,1-6H3. The van der Waals surface area contributed by atoms with Crippen molar-refractivity contribution in [2.45, 2.75) is 70.4 Å². The van der Waals surface area contributed by atoms with E-state index in [1.807, 2.05) is 11.8 Å². The van der Waals surface area contributed by atoms with Gasteiger partial charge in [0.25, 0.3) is 0 Å². The van der Waals surface area contributed by atoms with Gasteiger partial charge in [0.15, 0.2) is 5.82 Å². The first-order chi connectivity index (χ1) is 8.87. The second-order valence-corrected chi connectivity index (χ2v) is 7.61. The third-order valence-corrected chi connectivity index (χ3v) is 4.27. The predicted molar refractivity (Wildman–Crippen MR) is 81.5 cm³/mol. The molecule has 0 aliphatic heterocycles. The molecule has 1 N–H and O–H groups in total. The summed E-state index contributed by atoms with van der Waals surface area (Å²) in [5.74, 6) is 2.66. The SMILES string of the molecule is CCNC(C)C(CC)c1nc(CSC(C)(C)C)no1. The quantitative estimate of drug-likeness (QED) is 0.829. The number of thioether (sulfide) groups is 1. The van der Waals surface area contributed by atoms with Crippen molar-refractivity contribution in [3.8, 4) is 0 Å². The Morgan fingerprint density at radius 3 is 2.53 bits per heavy atom. The van der Waals surface area contributed by atoms with Gasteiger partial charge in [-0.1, -0.05) is 39.8 Å². The van der Waals surface area contributed by atoms with Gasteiger partial charge in [-0.15, -0.1) is 11.8 Å². The zero-order valence-corrected chi connectivity index (χ0v) is 13.8. The topological polar surface area (TPSA) is 51.0 Å². The molecule has 0 aromatic carbocycles. The third-order valence-electron chi connectivity index (χ3n) is 3.00. The summed E-state index contributed by atoms with van der Waals surface area (Å²) in [6.07, 6.45) is 1.00. The third kappa shape index (κ3) is 5.53. The van der Waals surface area contributed by atoms with Crippen LogP contribution < -0.4 is 5.32 Å². The van der Waals surface area contributed by atoms with Gasteiger partial charge in [-0.05, 0) is 19.9 Å². The summed E-state index contributed by atoms with van der Waals surface area (Å²) in [4.78, 5) is 4.55. The first-order valence-electron chi connectivity index (χ1n) is 7.07. The molecule has 0 aliphatic rings. The average Bonchev–Trinajstić information content (AvgIpc) is 2.75. The van der Waals surface area contributed by atoms with Gasteiger partial charge in [-0.25, -0.2) is 0 Å². The zero-order chi connectivity index (χ0) is 14.5. The lowest BCUT2D eigenvalue weighted by molar-refractivity contribution is 0.316. The maximum Gasteiger partial charge on any atom is 0.231 e. The lowest BCUT2D eigenvalue weighted by atomic mass is 9.98. The smallest absolute Gasteiger partial charge is 0.231 e. The van der Waals surface area contributed by atoms with Gasteiger partial charge in [0.05, 0.1) is 11.7 Å². The van der Waals surface area contributed by atoms with Crippen LogP contribution in [0.25, 0.3) is 0 Å².